The highest BCUT2D eigenvalue weighted by Gasteiger charge is 2.35. The van der Waals surface area contributed by atoms with Crippen molar-refractivity contribution < 1.29 is 13.9 Å². The van der Waals surface area contributed by atoms with Gasteiger partial charge in [-0.1, -0.05) is 0 Å². The van der Waals surface area contributed by atoms with Crippen molar-refractivity contribution in [2.45, 2.75) is 19.4 Å². The van der Waals surface area contributed by atoms with Crippen LogP contribution in [0.3, 0.4) is 0 Å². The number of pyridine rings is 1. The monoisotopic (exact) mass is 437 g/mol. The van der Waals surface area contributed by atoms with Crippen molar-refractivity contribution in [1.82, 2.24) is 19.9 Å². The van der Waals surface area contributed by atoms with Gasteiger partial charge in [0, 0.05) is 18.1 Å². The Morgan fingerprint density at radius 1 is 1.22 bits per heavy atom. The first-order valence-electron chi connectivity index (χ1n) is 9.93. The SMILES string of the molecule is C/C(N)=C(\c1cn(-c2ccc(C(=O)NC3(C)COC3)cn2)cn1)N(N)c1ccc(F)cc1. The van der Waals surface area contributed by atoms with Crippen LogP contribution in [0.2, 0.25) is 0 Å². The molecule has 10 heteroatoms. The maximum atomic E-state index is 13.3. The first kappa shape index (κ1) is 21.5. The van der Waals surface area contributed by atoms with Crippen molar-refractivity contribution in [2.24, 2.45) is 11.6 Å². The summed E-state index contributed by atoms with van der Waals surface area (Å²) in [4.78, 5) is 21.2. The molecule has 0 bridgehead atoms. The van der Waals surface area contributed by atoms with Crippen LogP contribution in [0.1, 0.15) is 29.9 Å². The molecule has 32 heavy (non-hydrogen) atoms. The topological polar surface area (TPSA) is 124 Å². The van der Waals surface area contributed by atoms with E-state index >= 15 is 0 Å². The van der Waals surface area contributed by atoms with Crippen molar-refractivity contribution in [1.29, 1.82) is 0 Å². The number of nitrogens with two attached hydrogens (primary N) is 2. The molecule has 1 amide bonds. The van der Waals surface area contributed by atoms with Gasteiger partial charge in [0.15, 0.2) is 0 Å². The fourth-order valence-corrected chi connectivity index (χ4v) is 3.32. The predicted octanol–water partition coefficient (Wildman–Crippen LogP) is 1.95. The number of hydrogen-bond donors (Lipinski definition) is 3. The summed E-state index contributed by atoms with van der Waals surface area (Å²) in [6.45, 7) is 4.63. The number of ether oxygens (including phenoxy) is 1. The number of nitrogens with one attached hydrogen (secondary N) is 1. The lowest BCUT2D eigenvalue weighted by Crippen LogP contribution is -2.59. The molecule has 5 N–H and O–H groups in total. The number of benzene rings is 1. The largest absolute Gasteiger partial charge is 0.400 e. The number of carbonyl (C=O) groups excluding carboxylic acids is 1. The van der Waals surface area contributed by atoms with E-state index < -0.39 is 0 Å². The van der Waals surface area contributed by atoms with Gasteiger partial charge in [0.05, 0.1) is 30.0 Å². The summed E-state index contributed by atoms with van der Waals surface area (Å²) in [6, 6.07) is 9.15. The molecular formula is C22H24FN7O2. The Morgan fingerprint density at radius 3 is 2.50 bits per heavy atom. The number of allylic oxidation sites excluding steroid dienone is 1. The highest BCUT2D eigenvalue weighted by atomic mass is 19.1. The van der Waals surface area contributed by atoms with Gasteiger partial charge >= 0.3 is 0 Å². The van der Waals surface area contributed by atoms with Gasteiger partial charge in [-0.15, -0.1) is 0 Å². The molecule has 1 aliphatic rings. The Kier molecular flexibility index (Phi) is 5.64. The number of rotatable bonds is 6. The zero-order valence-corrected chi connectivity index (χ0v) is 17.7. The van der Waals surface area contributed by atoms with Crippen molar-refractivity contribution in [3.8, 4) is 5.82 Å². The number of amides is 1. The molecule has 0 aliphatic carbocycles. The Morgan fingerprint density at radius 2 is 1.94 bits per heavy atom. The smallest absolute Gasteiger partial charge is 0.253 e. The minimum atomic E-state index is -0.361. The molecule has 0 atom stereocenters. The van der Waals surface area contributed by atoms with E-state index in [1.165, 1.54) is 23.3 Å². The van der Waals surface area contributed by atoms with Crippen molar-refractivity contribution >= 4 is 17.3 Å². The predicted molar refractivity (Wildman–Crippen MR) is 118 cm³/mol. The van der Waals surface area contributed by atoms with Crippen LogP contribution in [0.5, 0.6) is 0 Å². The lowest BCUT2D eigenvalue weighted by Gasteiger charge is -2.38. The summed E-state index contributed by atoms with van der Waals surface area (Å²) in [5, 5.41) is 4.30. The molecule has 0 unspecified atom stereocenters. The zero-order chi connectivity index (χ0) is 22.9. The average Bonchev–Trinajstić information content (AvgIpc) is 3.22. The number of aromatic nitrogens is 3. The van der Waals surface area contributed by atoms with E-state index in [0.717, 1.165) is 0 Å². The Bertz CT molecular complexity index is 1150. The second-order valence-corrected chi connectivity index (χ2v) is 7.96. The van der Waals surface area contributed by atoms with Gasteiger partial charge in [0.25, 0.3) is 5.91 Å². The standard InChI is InChI=1S/C22H24FN7O2/c1-14(24)20(30(25)17-6-4-16(23)5-7-17)18-10-29(13-27-18)19-8-3-15(9-26-19)21(31)28-22(2)11-32-12-22/h3-10,13H,11-12,24-25H2,1-2H3,(H,28,31)/b20-14-. The van der Waals surface area contributed by atoms with Crippen LogP contribution >= 0.6 is 0 Å². The Hall–Kier alpha value is -3.76. The highest BCUT2D eigenvalue weighted by Crippen LogP contribution is 2.24. The summed E-state index contributed by atoms with van der Waals surface area (Å²) in [7, 11) is 0. The van der Waals surface area contributed by atoms with Crippen LogP contribution in [-0.2, 0) is 4.74 Å². The third-order valence-corrected chi connectivity index (χ3v) is 5.08. The van der Waals surface area contributed by atoms with Crippen LogP contribution < -0.4 is 21.9 Å². The van der Waals surface area contributed by atoms with E-state index in [-0.39, 0.29) is 17.3 Å². The highest BCUT2D eigenvalue weighted by molar-refractivity contribution is 5.94. The third kappa shape index (κ3) is 4.32. The van der Waals surface area contributed by atoms with E-state index in [4.69, 9.17) is 16.3 Å². The molecule has 1 fully saturated rings. The minimum absolute atomic E-state index is 0.205. The van der Waals surface area contributed by atoms with E-state index in [1.807, 2.05) is 6.92 Å². The van der Waals surface area contributed by atoms with Crippen molar-refractivity contribution in [3.63, 3.8) is 0 Å². The maximum absolute atomic E-state index is 13.3. The van der Waals surface area contributed by atoms with Crippen LogP contribution in [0, 0.1) is 5.82 Å². The molecule has 4 rings (SSSR count). The first-order valence-corrected chi connectivity index (χ1v) is 9.93. The second-order valence-electron chi connectivity index (χ2n) is 7.96. The molecule has 0 spiro atoms. The molecule has 2 aromatic heterocycles. The molecule has 0 radical (unpaired) electrons. The van der Waals surface area contributed by atoms with Crippen LogP contribution in [-0.4, -0.2) is 39.2 Å². The molecule has 166 valence electrons. The number of nitrogens with zero attached hydrogens (tertiary/aromatic N) is 4. The van der Waals surface area contributed by atoms with Crippen molar-refractivity contribution in [3.05, 3.63) is 77.9 Å². The molecule has 3 aromatic rings. The van der Waals surface area contributed by atoms with Crippen LogP contribution in [0.15, 0.2) is 60.8 Å². The van der Waals surface area contributed by atoms with Gasteiger partial charge in [0.1, 0.15) is 29.4 Å². The number of carbonyl (C=O) groups is 1. The Labute approximate surface area is 184 Å². The summed E-state index contributed by atoms with van der Waals surface area (Å²) in [5.74, 6) is 6.25. The summed E-state index contributed by atoms with van der Waals surface area (Å²) >= 11 is 0. The lowest BCUT2D eigenvalue weighted by molar-refractivity contribution is -0.0593. The third-order valence-electron chi connectivity index (χ3n) is 5.08. The maximum Gasteiger partial charge on any atom is 0.253 e. The first-order chi connectivity index (χ1) is 15.3. The molecule has 1 aliphatic heterocycles. The molecular weight excluding hydrogens is 413 g/mol. The van der Waals surface area contributed by atoms with Gasteiger partial charge in [-0.25, -0.2) is 20.2 Å². The number of imidazole rings is 1. The fraction of sp³-hybridized carbons (Fsp3) is 0.227. The lowest BCUT2D eigenvalue weighted by atomic mass is 10.0. The summed E-state index contributed by atoms with van der Waals surface area (Å²) in [5.41, 5.74) is 8.16. The van der Waals surface area contributed by atoms with Gasteiger partial charge in [0.2, 0.25) is 0 Å². The minimum Gasteiger partial charge on any atom is -0.400 e. The second kappa shape index (κ2) is 8.40. The van der Waals surface area contributed by atoms with E-state index in [2.05, 4.69) is 15.3 Å². The number of hydrazine groups is 1. The molecule has 1 aromatic carbocycles. The average molecular weight is 437 g/mol. The zero-order valence-electron chi connectivity index (χ0n) is 17.7. The quantitative estimate of drug-likeness (QED) is 0.398. The van der Waals surface area contributed by atoms with Gasteiger partial charge in [-0.2, -0.15) is 0 Å². The molecule has 0 saturated carbocycles. The van der Waals surface area contributed by atoms with E-state index in [1.54, 1.807) is 48.3 Å². The Balaban J connectivity index is 1.53. The summed E-state index contributed by atoms with van der Waals surface area (Å²) < 4.78 is 20.1. The van der Waals surface area contributed by atoms with E-state index in [0.29, 0.717) is 47.4 Å². The number of hydrogen-bond acceptors (Lipinski definition) is 7. The van der Waals surface area contributed by atoms with Crippen LogP contribution in [0.4, 0.5) is 10.1 Å². The summed E-state index contributed by atoms with van der Waals surface area (Å²) in [6.07, 6.45) is 4.81. The molecule has 1 saturated heterocycles. The fourth-order valence-electron chi connectivity index (χ4n) is 3.32. The van der Waals surface area contributed by atoms with Crippen LogP contribution in [0.25, 0.3) is 11.5 Å². The molecule has 3 heterocycles. The molecule has 9 nitrogen and oxygen atoms in total. The number of anilines is 1. The number of halogens is 1. The van der Waals surface area contributed by atoms with Crippen molar-refractivity contribution in [2.75, 3.05) is 18.2 Å². The van der Waals surface area contributed by atoms with Gasteiger partial charge in [-0.3, -0.25) is 14.4 Å². The van der Waals surface area contributed by atoms with E-state index in [9.17, 15) is 9.18 Å². The van der Waals surface area contributed by atoms with Gasteiger partial charge in [-0.05, 0) is 50.2 Å². The normalized spacial score (nSPS) is 15.5. The van der Waals surface area contributed by atoms with Gasteiger partial charge < -0.3 is 15.8 Å².